The molecule has 1 aromatic carbocycles. The lowest BCUT2D eigenvalue weighted by atomic mass is 10.1. The minimum Gasteiger partial charge on any atom is -0.505 e. The van der Waals surface area contributed by atoms with Gasteiger partial charge in [0.05, 0.1) is 12.8 Å². The third-order valence-electron chi connectivity index (χ3n) is 3.28. The Morgan fingerprint density at radius 1 is 1.26 bits per heavy atom. The van der Waals surface area contributed by atoms with Gasteiger partial charge in [-0.15, -0.1) is 0 Å². The first-order valence-corrected chi connectivity index (χ1v) is 8.00. The molecule has 0 atom stereocenters. The van der Waals surface area contributed by atoms with Crippen molar-refractivity contribution in [1.29, 1.82) is 0 Å². The molecule has 0 saturated heterocycles. The molecular formula is C16H10ClIN2O3. The molecule has 5 nitrogen and oxygen atoms in total. The molecule has 7 heteroatoms. The van der Waals surface area contributed by atoms with E-state index in [1.165, 1.54) is 7.11 Å². The molecule has 3 aromatic rings. The zero-order valence-electron chi connectivity index (χ0n) is 11.9. The number of carbonyl (C=O) groups is 1. The lowest BCUT2D eigenvalue weighted by molar-refractivity contribution is 0.0590. The number of aromatic hydroxyl groups is 1. The number of halogens is 2. The molecule has 0 aliphatic heterocycles. The summed E-state index contributed by atoms with van der Waals surface area (Å²) in [5.74, 6) is -0.932. The van der Waals surface area contributed by atoms with E-state index in [0.29, 0.717) is 25.3 Å². The van der Waals surface area contributed by atoms with Crippen LogP contribution in [0.25, 0.3) is 22.2 Å². The first kappa shape index (κ1) is 15.9. The number of benzene rings is 1. The Hall–Kier alpha value is -1.93. The van der Waals surface area contributed by atoms with E-state index in [1.807, 2.05) is 34.7 Å². The number of nitrogens with zero attached hydrogens (tertiary/aromatic N) is 2. The van der Waals surface area contributed by atoms with Crippen LogP contribution in [0.3, 0.4) is 0 Å². The van der Waals surface area contributed by atoms with E-state index in [0.717, 1.165) is 5.56 Å². The molecule has 0 aliphatic carbocycles. The molecule has 1 N–H and O–H groups in total. The fourth-order valence-electron chi connectivity index (χ4n) is 2.19. The molecule has 0 saturated carbocycles. The van der Waals surface area contributed by atoms with Gasteiger partial charge < -0.3 is 9.84 Å². The van der Waals surface area contributed by atoms with Gasteiger partial charge in [0.15, 0.2) is 11.4 Å². The van der Waals surface area contributed by atoms with Crippen LogP contribution in [0.15, 0.2) is 36.4 Å². The van der Waals surface area contributed by atoms with E-state index in [-0.39, 0.29) is 11.4 Å². The van der Waals surface area contributed by atoms with Crippen molar-refractivity contribution >= 4 is 51.1 Å². The zero-order chi connectivity index (χ0) is 16.6. The number of pyridine rings is 2. The summed E-state index contributed by atoms with van der Waals surface area (Å²) >= 11 is 7.98. The van der Waals surface area contributed by atoms with Gasteiger partial charge in [-0.25, -0.2) is 14.8 Å². The maximum Gasteiger partial charge on any atom is 0.360 e. The van der Waals surface area contributed by atoms with Crippen molar-refractivity contribution in [3.8, 4) is 17.0 Å². The predicted octanol–water partition coefficient (Wildman–Crippen LogP) is 4.05. The minimum absolute atomic E-state index is 0.123. The summed E-state index contributed by atoms with van der Waals surface area (Å²) in [6, 6.07) is 10.8. The lowest BCUT2D eigenvalue weighted by Gasteiger charge is -2.09. The van der Waals surface area contributed by atoms with Crippen molar-refractivity contribution < 1.29 is 14.6 Å². The van der Waals surface area contributed by atoms with Gasteiger partial charge in [0, 0.05) is 16.0 Å². The van der Waals surface area contributed by atoms with E-state index < -0.39 is 5.97 Å². The van der Waals surface area contributed by atoms with Gasteiger partial charge in [0.1, 0.15) is 9.22 Å². The molecule has 0 bridgehead atoms. The number of ether oxygens (including phenoxy) is 1. The third-order valence-corrected chi connectivity index (χ3v) is 4.27. The Morgan fingerprint density at radius 2 is 2.04 bits per heavy atom. The molecule has 0 aliphatic rings. The van der Waals surface area contributed by atoms with Crippen LogP contribution in [0.1, 0.15) is 10.5 Å². The van der Waals surface area contributed by atoms with Crippen LogP contribution < -0.4 is 0 Å². The number of esters is 1. The molecule has 3 rings (SSSR count). The standard InChI is InChI=1S/C16H10ClIN2O3/c1-23-16(22)13-14(21)10-5-6-11(19-12(10)15(18)20-13)8-3-2-4-9(17)7-8/h2-7,21H,1H3. The van der Waals surface area contributed by atoms with Crippen molar-refractivity contribution in [2.24, 2.45) is 0 Å². The van der Waals surface area contributed by atoms with Crippen LogP contribution in [-0.4, -0.2) is 28.2 Å². The summed E-state index contributed by atoms with van der Waals surface area (Å²) in [7, 11) is 1.24. The van der Waals surface area contributed by atoms with Gasteiger partial charge in [-0.3, -0.25) is 0 Å². The summed E-state index contributed by atoms with van der Waals surface area (Å²) in [6.45, 7) is 0. The monoisotopic (exact) mass is 440 g/mol. The zero-order valence-corrected chi connectivity index (χ0v) is 14.8. The summed E-state index contributed by atoms with van der Waals surface area (Å²) in [6.07, 6.45) is 0. The van der Waals surface area contributed by atoms with Crippen LogP contribution in [-0.2, 0) is 4.74 Å². The average molecular weight is 441 g/mol. The maximum atomic E-state index is 11.7. The lowest BCUT2D eigenvalue weighted by Crippen LogP contribution is -2.07. The van der Waals surface area contributed by atoms with E-state index in [9.17, 15) is 9.90 Å². The third kappa shape index (κ3) is 2.96. The molecule has 116 valence electrons. The number of methoxy groups -OCH3 is 1. The maximum absolute atomic E-state index is 11.7. The fraction of sp³-hybridized carbons (Fsp3) is 0.0625. The Morgan fingerprint density at radius 3 is 2.74 bits per heavy atom. The Balaban J connectivity index is 2.22. The van der Waals surface area contributed by atoms with Crippen LogP contribution >= 0.6 is 34.2 Å². The van der Waals surface area contributed by atoms with Gasteiger partial charge in [0.25, 0.3) is 0 Å². The first-order chi connectivity index (χ1) is 11.0. The van der Waals surface area contributed by atoms with E-state index in [2.05, 4.69) is 14.7 Å². The largest absolute Gasteiger partial charge is 0.505 e. The van der Waals surface area contributed by atoms with Crippen molar-refractivity contribution in [1.82, 2.24) is 9.97 Å². The van der Waals surface area contributed by atoms with Gasteiger partial charge in [0.2, 0.25) is 0 Å². The van der Waals surface area contributed by atoms with Crippen LogP contribution in [0, 0.1) is 3.70 Å². The first-order valence-electron chi connectivity index (χ1n) is 6.54. The fourth-order valence-corrected chi connectivity index (χ4v) is 3.03. The number of fused-ring (bicyclic) bond motifs is 1. The quantitative estimate of drug-likeness (QED) is 0.370. The van der Waals surface area contributed by atoms with Crippen molar-refractivity contribution in [2.45, 2.75) is 0 Å². The number of aromatic nitrogens is 2. The summed E-state index contributed by atoms with van der Waals surface area (Å²) in [5.41, 5.74) is 1.94. The van der Waals surface area contributed by atoms with E-state index >= 15 is 0 Å². The van der Waals surface area contributed by atoms with Gasteiger partial charge in [-0.2, -0.15) is 0 Å². The van der Waals surface area contributed by atoms with Gasteiger partial charge >= 0.3 is 5.97 Å². The molecule has 23 heavy (non-hydrogen) atoms. The smallest absolute Gasteiger partial charge is 0.360 e. The van der Waals surface area contributed by atoms with Crippen molar-refractivity contribution in [2.75, 3.05) is 7.11 Å². The van der Waals surface area contributed by atoms with Crippen LogP contribution in [0.4, 0.5) is 0 Å². The van der Waals surface area contributed by atoms with Gasteiger partial charge in [-0.05, 0) is 46.9 Å². The average Bonchev–Trinajstić information content (AvgIpc) is 2.57. The topological polar surface area (TPSA) is 72.3 Å². The highest BCUT2D eigenvalue weighted by molar-refractivity contribution is 14.1. The second-order valence-electron chi connectivity index (χ2n) is 4.69. The highest BCUT2D eigenvalue weighted by atomic mass is 127. The van der Waals surface area contributed by atoms with E-state index in [4.69, 9.17) is 11.6 Å². The second-order valence-corrected chi connectivity index (χ2v) is 6.15. The second kappa shape index (κ2) is 6.29. The minimum atomic E-state index is -0.693. The van der Waals surface area contributed by atoms with Gasteiger partial charge in [-0.1, -0.05) is 23.7 Å². The molecular weight excluding hydrogens is 431 g/mol. The molecule has 0 fully saturated rings. The van der Waals surface area contributed by atoms with Crippen molar-refractivity contribution in [3.05, 3.63) is 50.8 Å². The highest BCUT2D eigenvalue weighted by Crippen LogP contribution is 2.32. The molecule has 0 unspecified atom stereocenters. The normalized spacial score (nSPS) is 10.7. The summed E-state index contributed by atoms with van der Waals surface area (Å²) < 4.78 is 5.13. The predicted molar refractivity (Wildman–Crippen MR) is 95.7 cm³/mol. The summed E-state index contributed by atoms with van der Waals surface area (Å²) in [4.78, 5) is 20.3. The molecule has 2 heterocycles. The Labute approximate surface area is 150 Å². The Bertz CT molecular complexity index is 931. The molecule has 2 aromatic heterocycles. The summed E-state index contributed by atoms with van der Waals surface area (Å²) in [5, 5.41) is 11.3. The molecule has 0 spiro atoms. The number of rotatable bonds is 2. The number of hydrogen-bond donors (Lipinski definition) is 1. The van der Waals surface area contributed by atoms with Crippen LogP contribution in [0.2, 0.25) is 5.02 Å². The van der Waals surface area contributed by atoms with Crippen molar-refractivity contribution in [3.63, 3.8) is 0 Å². The Kier molecular flexibility index (Phi) is 4.36. The number of carbonyl (C=O) groups excluding carboxylic acids is 1. The van der Waals surface area contributed by atoms with E-state index in [1.54, 1.807) is 24.3 Å². The molecule has 0 radical (unpaired) electrons. The molecule has 0 amide bonds. The highest BCUT2D eigenvalue weighted by Gasteiger charge is 2.20. The SMILES string of the molecule is COC(=O)c1nc(I)c2nc(-c3cccc(Cl)c3)ccc2c1O. The number of hydrogen-bond acceptors (Lipinski definition) is 5. The van der Waals surface area contributed by atoms with Crippen LogP contribution in [0.5, 0.6) is 5.75 Å².